The minimum atomic E-state index is -0.997. The molecule has 0 heterocycles. The first-order valence-electron chi connectivity index (χ1n) is 4.24. The van der Waals surface area contributed by atoms with E-state index in [0.717, 1.165) is 16.3 Å². The lowest BCUT2D eigenvalue weighted by Gasteiger charge is -2.13. The van der Waals surface area contributed by atoms with Crippen molar-refractivity contribution in [2.45, 2.75) is 12.5 Å². The molecule has 0 fully saturated rings. The minimum absolute atomic E-state index is 0.299. The smallest absolute Gasteiger partial charge is 0.320 e. The molecule has 88 valence electrons. The average Bonchev–Trinajstić information content (AvgIpc) is 2.20. The highest BCUT2D eigenvalue weighted by molar-refractivity contribution is 14.1. The zero-order valence-corrected chi connectivity index (χ0v) is 14.5. The fraction of sp³-hybridized carbons (Fsp3) is 0.222. The summed E-state index contributed by atoms with van der Waals surface area (Å²) in [4.78, 5) is 10.7. The van der Waals surface area contributed by atoms with Gasteiger partial charge < -0.3 is 16.6 Å². The Kier molecular flexibility index (Phi) is 5.51. The molecule has 16 heavy (non-hydrogen) atoms. The van der Waals surface area contributed by atoms with Crippen LogP contribution >= 0.6 is 67.8 Å². The van der Waals surface area contributed by atoms with E-state index in [9.17, 15) is 4.79 Å². The number of hydrogen-bond acceptors (Lipinski definition) is 3. The molecule has 0 saturated heterocycles. The van der Waals surface area contributed by atoms with Crippen LogP contribution in [0.1, 0.15) is 5.56 Å². The summed E-state index contributed by atoms with van der Waals surface area (Å²) in [5.41, 5.74) is 13.0. The van der Waals surface area contributed by atoms with E-state index in [1.165, 1.54) is 0 Å². The van der Waals surface area contributed by atoms with Crippen LogP contribution in [-0.4, -0.2) is 17.1 Å². The van der Waals surface area contributed by atoms with Gasteiger partial charge in [0.15, 0.2) is 0 Å². The molecule has 7 heteroatoms. The van der Waals surface area contributed by atoms with Crippen LogP contribution in [0.2, 0.25) is 0 Å². The molecule has 1 aromatic carbocycles. The van der Waals surface area contributed by atoms with Crippen molar-refractivity contribution >= 4 is 79.4 Å². The number of hydrogen-bond donors (Lipinski definition) is 3. The number of carboxylic acids is 1. The Morgan fingerprint density at radius 3 is 2.44 bits per heavy atom. The van der Waals surface area contributed by atoms with E-state index in [2.05, 4.69) is 67.8 Å². The average molecular weight is 558 g/mol. The second-order valence-electron chi connectivity index (χ2n) is 3.20. The number of rotatable bonds is 3. The molecule has 5 N–H and O–H groups in total. The van der Waals surface area contributed by atoms with E-state index in [1.54, 1.807) is 0 Å². The summed E-state index contributed by atoms with van der Waals surface area (Å²) >= 11 is 6.46. The zero-order valence-electron chi connectivity index (χ0n) is 8.01. The fourth-order valence-corrected chi connectivity index (χ4v) is 4.95. The lowest BCUT2D eigenvalue weighted by Crippen LogP contribution is -2.33. The molecule has 0 saturated carbocycles. The predicted octanol–water partition coefficient (Wildman–Crippen LogP) is 2.04. The van der Waals surface area contributed by atoms with Gasteiger partial charge in [0.25, 0.3) is 0 Å². The lowest BCUT2D eigenvalue weighted by atomic mass is 10.1. The molecule has 0 aromatic heterocycles. The highest BCUT2D eigenvalue weighted by atomic mass is 127. The molecular weight excluding hydrogens is 549 g/mol. The van der Waals surface area contributed by atoms with Gasteiger partial charge in [-0.3, -0.25) is 4.79 Å². The quantitative estimate of drug-likeness (QED) is 0.392. The highest BCUT2D eigenvalue weighted by Crippen LogP contribution is 2.30. The number of nitrogen functional groups attached to an aromatic ring is 1. The Balaban J connectivity index is 3.14. The van der Waals surface area contributed by atoms with Gasteiger partial charge in [-0.05, 0) is 79.4 Å². The van der Waals surface area contributed by atoms with Gasteiger partial charge >= 0.3 is 5.97 Å². The molecule has 0 amide bonds. The van der Waals surface area contributed by atoms with Gasteiger partial charge in [-0.2, -0.15) is 0 Å². The SMILES string of the molecule is Nc1c(I)cc(I)c(CC(N)C(=O)O)c1I. The van der Waals surface area contributed by atoms with Crippen LogP contribution in [-0.2, 0) is 11.2 Å². The summed E-state index contributed by atoms with van der Waals surface area (Å²) in [7, 11) is 0. The monoisotopic (exact) mass is 558 g/mol. The standard InChI is InChI=1S/C9H9I3N2O2/c10-4-2-5(11)8(14)7(12)3(4)1-6(13)9(15)16/h2,6H,1,13-14H2,(H,15,16). The van der Waals surface area contributed by atoms with E-state index in [0.29, 0.717) is 12.1 Å². The van der Waals surface area contributed by atoms with E-state index < -0.39 is 12.0 Å². The third-order valence-electron chi connectivity index (χ3n) is 2.04. The highest BCUT2D eigenvalue weighted by Gasteiger charge is 2.18. The van der Waals surface area contributed by atoms with E-state index in [4.69, 9.17) is 16.6 Å². The Labute approximate surface area is 134 Å². The summed E-state index contributed by atoms with van der Waals surface area (Å²) < 4.78 is 2.86. The number of anilines is 1. The second kappa shape index (κ2) is 6.00. The number of nitrogens with two attached hydrogens (primary N) is 2. The second-order valence-corrected chi connectivity index (χ2v) is 6.60. The molecule has 1 unspecified atom stereocenters. The number of aliphatic carboxylic acids is 1. The third-order valence-corrected chi connectivity index (χ3v) is 5.13. The Morgan fingerprint density at radius 1 is 1.38 bits per heavy atom. The molecule has 0 aliphatic carbocycles. The largest absolute Gasteiger partial charge is 0.480 e. The minimum Gasteiger partial charge on any atom is -0.480 e. The van der Waals surface area contributed by atoms with Gasteiger partial charge in [-0.15, -0.1) is 0 Å². The summed E-state index contributed by atoms with van der Waals surface area (Å²) in [6, 6.07) is 1.05. The van der Waals surface area contributed by atoms with Crippen molar-refractivity contribution < 1.29 is 9.90 Å². The van der Waals surface area contributed by atoms with Crippen LogP contribution in [0, 0.1) is 10.7 Å². The first-order valence-corrected chi connectivity index (χ1v) is 7.48. The molecule has 0 aliphatic rings. The molecule has 0 aliphatic heterocycles. The first kappa shape index (κ1) is 14.7. The molecule has 1 atom stereocenters. The van der Waals surface area contributed by atoms with Gasteiger partial charge in [-0.25, -0.2) is 0 Å². The van der Waals surface area contributed by atoms with Crippen LogP contribution in [0.15, 0.2) is 6.07 Å². The maximum Gasteiger partial charge on any atom is 0.320 e. The van der Waals surface area contributed by atoms with Crippen LogP contribution in [0.4, 0.5) is 5.69 Å². The number of halogens is 3. The van der Waals surface area contributed by atoms with Crippen LogP contribution in [0.3, 0.4) is 0 Å². The Hall–Kier alpha value is 0.640. The summed E-state index contributed by atoms with van der Waals surface area (Å²) in [6.07, 6.45) is 0.299. The molecule has 1 rings (SSSR count). The normalized spacial score (nSPS) is 12.5. The molecule has 0 spiro atoms. The topological polar surface area (TPSA) is 89.3 Å². The third kappa shape index (κ3) is 3.32. The van der Waals surface area contributed by atoms with E-state index in [1.807, 2.05) is 6.07 Å². The molecule has 1 aromatic rings. The van der Waals surface area contributed by atoms with Crippen molar-refractivity contribution in [3.63, 3.8) is 0 Å². The maximum atomic E-state index is 10.7. The summed E-state index contributed by atoms with van der Waals surface area (Å²) in [6.45, 7) is 0. The van der Waals surface area contributed by atoms with Crippen LogP contribution in [0.5, 0.6) is 0 Å². The van der Waals surface area contributed by atoms with Gasteiger partial charge in [0.05, 0.1) is 5.69 Å². The first-order chi connectivity index (χ1) is 7.34. The molecular formula is C9H9I3N2O2. The van der Waals surface area contributed by atoms with Gasteiger partial charge in [-0.1, -0.05) is 0 Å². The van der Waals surface area contributed by atoms with Gasteiger partial charge in [0.1, 0.15) is 6.04 Å². The van der Waals surface area contributed by atoms with Crippen molar-refractivity contribution in [1.29, 1.82) is 0 Å². The van der Waals surface area contributed by atoms with Crippen molar-refractivity contribution in [3.8, 4) is 0 Å². The molecule has 0 radical (unpaired) electrons. The van der Waals surface area contributed by atoms with Crippen LogP contribution < -0.4 is 11.5 Å². The number of carbonyl (C=O) groups is 1. The van der Waals surface area contributed by atoms with Gasteiger partial charge in [0, 0.05) is 17.1 Å². The number of benzene rings is 1. The van der Waals surface area contributed by atoms with Crippen LogP contribution in [0.25, 0.3) is 0 Å². The predicted molar refractivity (Wildman–Crippen MR) is 88.3 cm³/mol. The Morgan fingerprint density at radius 2 is 1.94 bits per heavy atom. The van der Waals surface area contributed by atoms with E-state index >= 15 is 0 Å². The van der Waals surface area contributed by atoms with Gasteiger partial charge in [0.2, 0.25) is 0 Å². The summed E-state index contributed by atoms with van der Waals surface area (Å²) in [5.74, 6) is -0.997. The Bertz CT molecular complexity index is 437. The van der Waals surface area contributed by atoms with Crippen molar-refractivity contribution in [2.75, 3.05) is 5.73 Å². The van der Waals surface area contributed by atoms with Crippen molar-refractivity contribution in [2.24, 2.45) is 5.73 Å². The maximum absolute atomic E-state index is 10.7. The van der Waals surface area contributed by atoms with E-state index in [-0.39, 0.29) is 0 Å². The number of carboxylic acid groups (broad SMARTS) is 1. The fourth-order valence-electron chi connectivity index (χ4n) is 1.14. The summed E-state index contributed by atoms with van der Waals surface area (Å²) in [5, 5.41) is 8.79. The molecule has 0 bridgehead atoms. The van der Waals surface area contributed by atoms with Crippen molar-refractivity contribution in [3.05, 3.63) is 22.3 Å². The van der Waals surface area contributed by atoms with Crippen molar-refractivity contribution in [1.82, 2.24) is 0 Å². The molecule has 4 nitrogen and oxygen atoms in total. The lowest BCUT2D eigenvalue weighted by molar-refractivity contribution is -0.138. The zero-order chi connectivity index (χ0) is 12.5.